The summed E-state index contributed by atoms with van der Waals surface area (Å²) in [5.74, 6) is -94.6. The molecule has 0 amide bonds. The molecule has 0 aliphatic carbocycles. The maximum absolute atomic E-state index is 13.4. The topological polar surface area (TPSA) is 37.3 Å². The fraction of sp³-hybridized carbons (Fsp3) is 0.917. The summed E-state index contributed by atoms with van der Waals surface area (Å²) in [4.78, 5) is 9.85. The summed E-state index contributed by atoms with van der Waals surface area (Å²) in [5.41, 5.74) is 0. The minimum Gasteiger partial charge on any atom is -0.477 e. The predicted octanol–water partition coefficient (Wildman–Crippen LogP) is 6.98. The van der Waals surface area contributed by atoms with Gasteiger partial charge in [0.2, 0.25) is 0 Å². The van der Waals surface area contributed by atoms with Crippen molar-refractivity contribution >= 4 is 5.97 Å². The normalized spacial score (nSPS) is 16.3. The molecule has 0 aliphatic heterocycles. The molecule has 0 bridgehead atoms. The number of carbonyl (C=O) groups is 1. The Kier molecular flexibility index (Phi) is 9.51. The zero-order valence-electron chi connectivity index (χ0n) is 15.9. The van der Waals surface area contributed by atoms with Gasteiger partial charge in [-0.15, -0.1) is 0 Å². The molecule has 0 aromatic rings. The van der Waals surface area contributed by atoms with Crippen LogP contribution < -0.4 is 0 Å². The van der Waals surface area contributed by atoms with Gasteiger partial charge >= 0.3 is 71.4 Å². The van der Waals surface area contributed by atoms with Crippen LogP contribution >= 0.6 is 0 Å². The van der Waals surface area contributed by atoms with Crippen LogP contribution in [0, 0.1) is 0 Å². The number of hydrogen-bond donors (Lipinski definition) is 1. The van der Waals surface area contributed by atoms with Gasteiger partial charge in [0.15, 0.2) is 0 Å². The van der Waals surface area contributed by atoms with Crippen molar-refractivity contribution in [3.63, 3.8) is 0 Å². The average molecular weight is 722 g/mol. The second-order valence-electron chi connectivity index (χ2n) is 6.55. The molecule has 1 radical (unpaired) electrons. The van der Waals surface area contributed by atoms with Gasteiger partial charge in [0.25, 0.3) is 0 Å². The van der Waals surface area contributed by atoms with Crippen LogP contribution in [0.3, 0.4) is 0 Å². The first-order chi connectivity index (χ1) is 15.4. The summed E-state index contributed by atoms with van der Waals surface area (Å²) in [7, 11) is 0. The van der Waals surface area contributed by atoms with Gasteiger partial charge in [-0.05, 0) is 0 Å². The molecule has 233 valence electrons. The van der Waals surface area contributed by atoms with Gasteiger partial charge in [-0.1, -0.05) is 0 Å². The van der Waals surface area contributed by atoms with Gasteiger partial charge in [0.1, 0.15) is 0 Å². The summed E-state index contributed by atoms with van der Waals surface area (Å²) in [6.45, 7) is 0. The van der Waals surface area contributed by atoms with E-state index < -0.39 is 71.4 Å². The first-order valence-electron chi connectivity index (χ1n) is 7.52. The Morgan fingerprint density at radius 2 is 0.500 bits per heavy atom. The molecule has 0 aliphatic rings. The summed E-state index contributed by atoms with van der Waals surface area (Å²) in [6.07, 6.45) is -8.13. The van der Waals surface area contributed by atoms with Crippen molar-refractivity contribution in [3.05, 3.63) is 0 Å². The molecule has 0 aromatic heterocycles. The Balaban J connectivity index is 0. The predicted molar refractivity (Wildman–Crippen MR) is 63.2 cm³/mol. The Morgan fingerprint density at radius 3 is 0.658 bits per heavy atom. The van der Waals surface area contributed by atoms with Crippen molar-refractivity contribution in [1.29, 1.82) is 0 Å². The summed E-state index contributed by atoms with van der Waals surface area (Å²) in [5, 5.41) is 7.63. The fourth-order valence-corrected chi connectivity index (χ4v) is 1.89. The van der Waals surface area contributed by atoms with Gasteiger partial charge in [-0.25, -0.2) is 4.79 Å². The van der Waals surface area contributed by atoms with Crippen molar-refractivity contribution in [2.24, 2.45) is 0 Å². The third-order valence-electron chi connectivity index (χ3n) is 4.17. The second kappa shape index (κ2) is 9.33. The Bertz CT molecular complexity index is 885. The molecular weight excluding hydrogens is 721 g/mol. The molecule has 0 saturated carbocycles. The number of carboxylic acids is 1. The van der Waals surface area contributed by atoms with Gasteiger partial charge in [-0.2, -0.15) is 101 Å². The Hall–Kier alpha value is -1.40. The summed E-state index contributed by atoms with van der Waals surface area (Å²) in [6, 6.07) is 0. The molecule has 1 N–H and O–H groups in total. The molecule has 2 nitrogen and oxygen atoms in total. The molecule has 0 fully saturated rings. The quantitative estimate of drug-likeness (QED) is 0.195. The van der Waals surface area contributed by atoms with E-state index in [2.05, 4.69) is 0 Å². The van der Waals surface area contributed by atoms with Gasteiger partial charge in [-0.3, -0.25) is 0 Å². The largest absolute Gasteiger partial charge is 0.477 e. The minimum absolute atomic E-state index is 0. The van der Waals surface area contributed by atoms with Gasteiger partial charge in [0, 0.05) is 22.4 Å². The first kappa shape index (κ1) is 38.7. The van der Waals surface area contributed by atoms with Crippen LogP contribution in [0.1, 0.15) is 0 Å². The second-order valence-corrected chi connectivity index (χ2v) is 6.55. The Morgan fingerprint density at radius 1 is 0.342 bits per heavy atom. The fourth-order valence-electron chi connectivity index (χ4n) is 1.89. The molecule has 0 spiro atoms. The number of halogens is 23. The Labute approximate surface area is 205 Å². The van der Waals surface area contributed by atoms with E-state index in [9.17, 15) is 106 Å². The van der Waals surface area contributed by atoms with E-state index in [0.717, 1.165) is 0 Å². The van der Waals surface area contributed by atoms with E-state index in [-0.39, 0.29) is 22.4 Å². The van der Waals surface area contributed by atoms with E-state index in [1.807, 2.05) is 0 Å². The van der Waals surface area contributed by atoms with Gasteiger partial charge < -0.3 is 5.11 Å². The van der Waals surface area contributed by atoms with E-state index >= 15 is 0 Å². The minimum atomic E-state index is -9.50. The van der Waals surface area contributed by atoms with Crippen LogP contribution in [0.5, 0.6) is 0 Å². The number of alkyl halides is 23. The third-order valence-corrected chi connectivity index (χ3v) is 4.17. The third kappa shape index (κ3) is 4.36. The van der Waals surface area contributed by atoms with Crippen LogP contribution in [-0.2, 0) is 27.2 Å². The molecule has 0 unspecified atom stereocenters. The number of rotatable bonds is 10. The smallest absolute Gasteiger partial charge is 0.460 e. The van der Waals surface area contributed by atoms with E-state index in [0.29, 0.717) is 0 Å². The molecule has 0 rings (SSSR count). The van der Waals surface area contributed by atoms with Crippen LogP contribution in [0.15, 0.2) is 0 Å². The van der Waals surface area contributed by atoms with Crippen molar-refractivity contribution < 1.29 is 133 Å². The van der Waals surface area contributed by atoms with Crippen LogP contribution in [0.25, 0.3) is 0 Å². The maximum atomic E-state index is 13.4. The zero-order chi connectivity index (χ0) is 31.1. The van der Waals surface area contributed by atoms with Crippen molar-refractivity contribution in [2.75, 3.05) is 0 Å². The molecule has 0 heterocycles. The van der Waals surface area contributed by atoms with Crippen LogP contribution in [-0.4, -0.2) is 76.5 Å². The first-order valence-corrected chi connectivity index (χ1v) is 7.52. The van der Waals surface area contributed by atoms with Gasteiger partial charge in [0.05, 0.1) is 0 Å². The monoisotopic (exact) mass is 721 g/mol. The van der Waals surface area contributed by atoms with Crippen molar-refractivity contribution in [3.8, 4) is 0 Å². The van der Waals surface area contributed by atoms with E-state index in [4.69, 9.17) is 5.11 Å². The molecule has 0 atom stereocenters. The standard InChI is InChI=1S/C12HF23O2.Ag/c13-2(14,1(36)37)3(15,16)4(17,18)5(19,20)6(21,22)7(23,24)8(25,26)9(27,28)10(29,30)11(31,32)12(33,34)35;/h(H,36,37);. The molecule has 0 aromatic carbocycles. The average Bonchev–Trinajstić information content (AvgIpc) is 2.65. The number of aliphatic carboxylic acids is 1. The molecule has 26 heteroatoms. The van der Waals surface area contributed by atoms with E-state index in [1.54, 1.807) is 0 Å². The number of carboxylic acid groups (broad SMARTS) is 1. The molecular formula is C12HAgF23O2. The molecule has 38 heavy (non-hydrogen) atoms. The van der Waals surface area contributed by atoms with Crippen LogP contribution in [0.2, 0.25) is 0 Å². The van der Waals surface area contributed by atoms with Crippen molar-refractivity contribution in [1.82, 2.24) is 0 Å². The SMILES string of the molecule is O=C(O)C(F)(F)C(F)(F)C(F)(F)C(F)(F)C(F)(F)C(F)(F)C(F)(F)C(F)(F)C(F)(F)C(F)(F)C(F)(F)F.[Ag]. The zero-order valence-corrected chi connectivity index (χ0v) is 17.3. The maximum Gasteiger partial charge on any atom is 0.460 e. The summed E-state index contributed by atoms with van der Waals surface area (Å²) >= 11 is 0. The van der Waals surface area contributed by atoms with Crippen molar-refractivity contribution in [2.45, 2.75) is 65.4 Å². The van der Waals surface area contributed by atoms with Crippen LogP contribution in [0.4, 0.5) is 101 Å². The van der Waals surface area contributed by atoms with E-state index in [1.165, 1.54) is 0 Å². The summed E-state index contributed by atoms with van der Waals surface area (Å²) < 4.78 is 298. The number of hydrogen-bond acceptors (Lipinski definition) is 1. The molecule has 0 saturated heterocycles.